The normalized spacial score (nSPS) is 17.7. The molecule has 1 heterocycles. The van der Waals surface area contributed by atoms with Crippen LogP contribution in [0.5, 0.6) is 0 Å². The van der Waals surface area contributed by atoms with E-state index in [1.54, 1.807) is 0 Å². The van der Waals surface area contributed by atoms with Gasteiger partial charge < -0.3 is 10.2 Å². The molecular formula is C19H32N2. The molecule has 1 N–H and O–H groups in total. The molecule has 0 atom stereocenters. The zero-order valence-electron chi connectivity index (χ0n) is 14.3. The number of nitrogens with one attached hydrogen (secondary N) is 1. The van der Waals surface area contributed by atoms with Crippen LogP contribution in [0.1, 0.15) is 50.3 Å². The summed E-state index contributed by atoms with van der Waals surface area (Å²) in [7, 11) is 0. The quantitative estimate of drug-likeness (QED) is 0.912. The Balaban J connectivity index is 1.88. The topological polar surface area (TPSA) is 15.3 Å². The van der Waals surface area contributed by atoms with Crippen LogP contribution in [0.3, 0.4) is 0 Å². The van der Waals surface area contributed by atoms with Crippen LogP contribution in [0, 0.1) is 6.92 Å². The highest BCUT2D eigenvalue weighted by atomic mass is 15.1. The summed E-state index contributed by atoms with van der Waals surface area (Å²) in [6.07, 6.45) is 3.76. The van der Waals surface area contributed by atoms with Gasteiger partial charge in [-0.2, -0.15) is 0 Å². The molecule has 0 radical (unpaired) electrons. The highest BCUT2D eigenvalue weighted by Gasteiger charge is 2.16. The Morgan fingerprint density at radius 2 is 1.95 bits per heavy atom. The molecule has 0 spiro atoms. The van der Waals surface area contributed by atoms with E-state index in [1.807, 2.05) is 0 Å². The van der Waals surface area contributed by atoms with Crippen LogP contribution in [0.2, 0.25) is 0 Å². The minimum absolute atomic E-state index is 0.247. The summed E-state index contributed by atoms with van der Waals surface area (Å²) in [6.45, 7) is 15.2. The first-order valence-electron chi connectivity index (χ1n) is 8.50. The zero-order valence-corrected chi connectivity index (χ0v) is 14.3. The Labute approximate surface area is 130 Å². The maximum Gasteiger partial charge on any atom is 0.0107 e. The maximum absolute atomic E-state index is 3.47. The van der Waals surface area contributed by atoms with Crippen LogP contribution in [-0.2, 0) is 11.8 Å². The molecule has 1 aliphatic heterocycles. The Morgan fingerprint density at radius 3 is 2.71 bits per heavy atom. The van der Waals surface area contributed by atoms with Crippen molar-refractivity contribution in [1.82, 2.24) is 10.2 Å². The van der Waals surface area contributed by atoms with Gasteiger partial charge in [0.2, 0.25) is 0 Å². The van der Waals surface area contributed by atoms with Gasteiger partial charge in [0.25, 0.3) is 0 Å². The minimum Gasteiger partial charge on any atom is -0.315 e. The lowest BCUT2D eigenvalue weighted by atomic mass is 9.83. The summed E-state index contributed by atoms with van der Waals surface area (Å²) in [6, 6.07) is 7.04. The summed E-state index contributed by atoms with van der Waals surface area (Å²) in [5.74, 6) is 0. The van der Waals surface area contributed by atoms with Gasteiger partial charge in [-0.05, 0) is 67.9 Å². The van der Waals surface area contributed by atoms with Crippen LogP contribution in [0.25, 0.3) is 0 Å². The Bertz CT molecular complexity index is 437. The van der Waals surface area contributed by atoms with Crippen molar-refractivity contribution in [2.24, 2.45) is 0 Å². The molecule has 0 amide bonds. The number of benzene rings is 1. The molecule has 0 unspecified atom stereocenters. The molecule has 21 heavy (non-hydrogen) atoms. The predicted octanol–water partition coefficient (Wildman–Crippen LogP) is 3.52. The molecule has 1 saturated heterocycles. The second-order valence-corrected chi connectivity index (χ2v) is 7.45. The SMILES string of the molecule is Cc1ccc(CCCN2CCCNCC2)cc1C(C)(C)C. The molecule has 1 aromatic rings. The van der Waals surface area contributed by atoms with Crippen molar-refractivity contribution in [2.75, 3.05) is 32.7 Å². The molecular weight excluding hydrogens is 256 g/mol. The van der Waals surface area contributed by atoms with Gasteiger partial charge in [-0.1, -0.05) is 39.0 Å². The molecule has 2 nitrogen and oxygen atoms in total. The number of hydrogen-bond donors (Lipinski definition) is 1. The summed E-state index contributed by atoms with van der Waals surface area (Å²) in [5, 5.41) is 3.47. The van der Waals surface area contributed by atoms with Crippen molar-refractivity contribution < 1.29 is 0 Å². The molecule has 0 saturated carbocycles. The van der Waals surface area contributed by atoms with Crippen LogP contribution in [0.15, 0.2) is 18.2 Å². The van der Waals surface area contributed by atoms with Crippen LogP contribution >= 0.6 is 0 Å². The van der Waals surface area contributed by atoms with E-state index in [-0.39, 0.29) is 5.41 Å². The van der Waals surface area contributed by atoms with Crippen molar-refractivity contribution in [3.05, 3.63) is 34.9 Å². The molecule has 1 fully saturated rings. The summed E-state index contributed by atoms with van der Waals surface area (Å²) in [5.41, 5.74) is 4.67. The highest BCUT2D eigenvalue weighted by Crippen LogP contribution is 2.26. The maximum atomic E-state index is 3.47. The second-order valence-electron chi connectivity index (χ2n) is 7.45. The van der Waals surface area contributed by atoms with E-state index in [2.05, 4.69) is 56.1 Å². The Kier molecular flexibility index (Phi) is 5.83. The van der Waals surface area contributed by atoms with Gasteiger partial charge in [0.15, 0.2) is 0 Å². The van der Waals surface area contributed by atoms with Gasteiger partial charge in [0, 0.05) is 13.1 Å². The largest absolute Gasteiger partial charge is 0.315 e. The summed E-state index contributed by atoms with van der Waals surface area (Å²) in [4.78, 5) is 2.61. The predicted molar refractivity (Wildman–Crippen MR) is 92.1 cm³/mol. The number of rotatable bonds is 4. The lowest BCUT2D eigenvalue weighted by molar-refractivity contribution is 0.289. The fraction of sp³-hybridized carbons (Fsp3) is 0.684. The molecule has 1 aliphatic rings. The van der Waals surface area contributed by atoms with Crippen molar-refractivity contribution in [1.29, 1.82) is 0 Å². The average Bonchev–Trinajstić information content (AvgIpc) is 2.68. The Hall–Kier alpha value is -0.860. The third-order valence-electron chi connectivity index (χ3n) is 4.48. The van der Waals surface area contributed by atoms with E-state index >= 15 is 0 Å². The van der Waals surface area contributed by atoms with Gasteiger partial charge in [0.1, 0.15) is 0 Å². The monoisotopic (exact) mass is 288 g/mol. The number of hydrogen-bond acceptors (Lipinski definition) is 2. The molecule has 118 valence electrons. The molecule has 0 aliphatic carbocycles. The molecule has 0 bridgehead atoms. The van der Waals surface area contributed by atoms with Crippen LogP contribution < -0.4 is 5.32 Å². The summed E-state index contributed by atoms with van der Waals surface area (Å²) < 4.78 is 0. The molecule has 1 aromatic carbocycles. The van der Waals surface area contributed by atoms with Gasteiger partial charge >= 0.3 is 0 Å². The number of aryl methyl sites for hydroxylation is 2. The first kappa shape index (κ1) is 16.5. The van der Waals surface area contributed by atoms with Crippen molar-refractivity contribution >= 4 is 0 Å². The lowest BCUT2D eigenvalue weighted by Crippen LogP contribution is -2.29. The van der Waals surface area contributed by atoms with Gasteiger partial charge in [-0.3, -0.25) is 0 Å². The third kappa shape index (κ3) is 5.12. The van der Waals surface area contributed by atoms with E-state index in [9.17, 15) is 0 Å². The molecule has 0 aromatic heterocycles. The smallest absolute Gasteiger partial charge is 0.0107 e. The highest BCUT2D eigenvalue weighted by molar-refractivity contribution is 5.35. The minimum atomic E-state index is 0.247. The average molecular weight is 288 g/mol. The van der Waals surface area contributed by atoms with Gasteiger partial charge in [-0.25, -0.2) is 0 Å². The van der Waals surface area contributed by atoms with E-state index in [1.165, 1.54) is 62.1 Å². The first-order valence-corrected chi connectivity index (χ1v) is 8.50. The fourth-order valence-corrected chi connectivity index (χ4v) is 3.26. The van der Waals surface area contributed by atoms with Crippen LogP contribution in [-0.4, -0.2) is 37.6 Å². The fourth-order valence-electron chi connectivity index (χ4n) is 3.26. The first-order chi connectivity index (χ1) is 9.97. The second kappa shape index (κ2) is 7.42. The van der Waals surface area contributed by atoms with Crippen molar-refractivity contribution in [2.45, 2.75) is 52.4 Å². The third-order valence-corrected chi connectivity index (χ3v) is 4.48. The van der Waals surface area contributed by atoms with Gasteiger partial charge in [0.05, 0.1) is 0 Å². The van der Waals surface area contributed by atoms with E-state index in [0.29, 0.717) is 0 Å². The van der Waals surface area contributed by atoms with Crippen molar-refractivity contribution in [3.8, 4) is 0 Å². The molecule has 2 rings (SSSR count). The zero-order chi connectivity index (χ0) is 15.3. The summed E-state index contributed by atoms with van der Waals surface area (Å²) >= 11 is 0. The lowest BCUT2D eigenvalue weighted by Gasteiger charge is -2.23. The number of nitrogens with zero attached hydrogens (tertiary/aromatic N) is 1. The van der Waals surface area contributed by atoms with E-state index in [4.69, 9.17) is 0 Å². The van der Waals surface area contributed by atoms with Crippen LogP contribution in [0.4, 0.5) is 0 Å². The standard InChI is InChI=1S/C19H32N2/c1-16-8-9-17(15-18(16)19(2,3)4)7-5-12-21-13-6-10-20-11-14-21/h8-9,15,20H,5-7,10-14H2,1-4H3. The van der Waals surface area contributed by atoms with Gasteiger partial charge in [-0.15, -0.1) is 0 Å². The Morgan fingerprint density at radius 1 is 1.14 bits per heavy atom. The molecule has 2 heteroatoms. The van der Waals surface area contributed by atoms with E-state index in [0.717, 1.165) is 6.54 Å². The van der Waals surface area contributed by atoms with Crippen molar-refractivity contribution in [3.63, 3.8) is 0 Å². The van der Waals surface area contributed by atoms with E-state index < -0.39 is 0 Å².